The molecule has 1 heterocycles. The molecule has 2 amide bonds. The predicted octanol–water partition coefficient (Wildman–Crippen LogP) is 0.629. The molecule has 2 N–H and O–H groups in total. The van der Waals surface area contributed by atoms with E-state index in [4.69, 9.17) is 9.47 Å². The Kier molecular flexibility index (Phi) is 2.98. The van der Waals surface area contributed by atoms with Gasteiger partial charge in [-0.2, -0.15) is 0 Å². The number of carbonyl (C=O) groups excluding carboxylic acids is 2. The molecule has 1 aromatic rings. The maximum atomic E-state index is 11.9. The lowest BCUT2D eigenvalue weighted by Gasteiger charge is -2.18. The number of hydrogen-bond acceptors (Lipinski definition) is 4. The van der Waals surface area contributed by atoms with Crippen molar-refractivity contribution in [2.75, 3.05) is 13.2 Å². The summed E-state index contributed by atoms with van der Waals surface area (Å²) < 4.78 is 10.8. The molecule has 1 fully saturated rings. The Bertz CT molecular complexity index is 525. The molecular weight excluding hydrogens is 248 g/mol. The number of benzene rings is 1. The van der Waals surface area contributed by atoms with Crippen LogP contribution in [0.5, 0.6) is 11.5 Å². The largest absolute Gasteiger partial charge is 0.486 e. The van der Waals surface area contributed by atoms with Crippen LogP contribution in [0.3, 0.4) is 0 Å². The fraction of sp³-hybridized carbons (Fsp3) is 0.385. The van der Waals surface area contributed by atoms with Gasteiger partial charge in [0.25, 0.3) is 5.91 Å². The van der Waals surface area contributed by atoms with Crippen molar-refractivity contribution in [1.29, 1.82) is 0 Å². The molecular formula is C13H14N2O4. The summed E-state index contributed by atoms with van der Waals surface area (Å²) in [4.78, 5) is 23.3. The van der Waals surface area contributed by atoms with Crippen molar-refractivity contribution in [2.24, 2.45) is 5.92 Å². The van der Waals surface area contributed by atoms with Gasteiger partial charge in [-0.25, -0.2) is 0 Å². The topological polar surface area (TPSA) is 76.7 Å². The molecule has 0 saturated heterocycles. The van der Waals surface area contributed by atoms with Crippen LogP contribution in [-0.2, 0) is 4.79 Å². The van der Waals surface area contributed by atoms with Crippen molar-refractivity contribution in [3.05, 3.63) is 23.8 Å². The lowest BCUT2D eigenvalue weighted by molar-refractivity contribution is -0.123. The summed E-state index contributed by atoms with van der Waals surface area (Å²) in [5.41, 5.74) is 5.22. The van der Waals surface area contributed by atoms with E-state index in [0.29, 0.717) is 30.3 Å². The minimum absolute atomic E-state index is 0.0561. The van der Waals surface area contributed by atoms with Gasteiger partial charge in [0.15, 0.2) is 11.5 Å². The van der Waals surface area contributed by atoms with Gasteiger partial charge in [0.2, 0.25) is 5.91 Å². The Hall–Kier alpha value is -2.24. The second kappa shape index (κ2) is 4.79. The molecule has 1 aliphatic carbocycles. The first-order valence-electron chi connectivity index (χ1n) is 6.24. The van der Waals surface area contributed by atoms with Gasteiger partial charge in [-0.1, -0.05) is 0 Å². The van der Waals surface area contributed by atoms with Crippen LogP contribution in [0.1, 0.15) is 23.2 Å². The van der Waals surface area contributed by atoms with E-state index in [1.54, 1.807) is 18.2 Å². The van der Waals surface area contributed by atoms with Gasteiger partial charge in [0, 0.05) is 11.5 Å². The molecule has 2 aliphatic rings. The average Bonchev–Trinajstić information content (AvgIpc) is 3.28. The molecule has 6 nitrogen and oxygen atoms in total. The van der Waals surface area contributed by atoms with Crippen molar-refractivity contribution in [3.63, 3.8) is 0 Å². The second-order valence-corrected chi connectivity index (χ2v) is 4.58. The SMILES string of the molecule is O=C(NNC(=O)C1CC1)c1ccc2c(c1)OCCO2. The molecule has 100 valence electrons. The second-order valence-electron chi connectivity index (χ2n) is 4.58. The van der Waals surface area contributed by atoms with E-state index in [-0.39, 0.29) is 17.7 Å². The normalized spacial score (nSPS) is 16.6. The van der Waals surface area contributed by atoms with Crippen LogP contribution in [0.25, 0.3) is 0 Å². The van der Waals surface area contributed by atoms with Gasteiger partial charge in [0.1, 0.15) is 13.2 Å². The van der Waals surface area contributed by atoms with Gasteiger partial charge >= 0.3 is 0 Å². The summed E-state index contributed by atoms with van der Waals surface area (Å²) in [6.45, 7) is 0.979. The molecule has 19 heavy (non-hydrogen) atoms. The van der Waals surface area contributed by atoms with E-state index in [0.717, 1.165) is 12.8 Å². The van der Waals surface area contributed by atoms with Gasteiger partial charge in [0.05, 0.1) is 0 Å². The molecule has 0 aromatic heterocycles. The maximum Gasteiger partial charge on any atom is 0.269 e. The van der Waals surface area contributed by atoms with Crippen LogP contribution in [-0.4, -0.2) is 25.0 Å². The maximum absolute atomic E-state index is 11.9. The van der Waals surface area contributed by atoms with Crippen molar-refractivity contribution in [1.82, 2.24) is 10.9 Å². The summed E-state index contributed by atoms with van der Waals surface area (Å²) in [6.07, 6.45) is 1.79. The summed E-state index contributed by atoms with van der Waals surface area (Å²) in [5.74, 6) is 0.731. The van der Waals surface area contributed by atoms with Crippen LogP contribution >= 0.6 is 0 Å². The Morgan fingerprint density at radius 2 is 1.79 bits per heavy atom. The van der Waals surface area contributed by atoms with Gasteiger partial charge in [-0.3, -0.25) is 20.4 Å². The van der Waals surface area contributed by atoms with Gasteiger partial charge < -0.3 is 9.47 Å². The van der Waals surface area contributed by atoms with E-state index < -0.39 is 0 Å². The number of rotatable bonds is 2. The summed E-state index contributed by atoms with van der Waals surface area (Å²) >= 11 is 0. The fourth-order valence-corrected chi connectivity index (χ4v) is 1.82. The molecule has 6 heteroatoms. The Labute approximate surface area is 110 Å². The Balaban J connectivity index is 1.64. The van der Waals surface area contributed by atoms with E-state index >= 15 is 0 Å². The van der Waals surface area contributed by atoms with E-state index in [2.05, 4.69) is 10.9 Å². The standard InChI is InChI=1S/C13H14N2O4/c16-12(8-1-2-8)14-15-13(17)9-3-4-10-11(7-9)19-6-5-18-10/h3-4,7-8H,1-2,5-6H2,(H,14,16)(H,15,17). The molecule has 0 radical (unpaired) electrons. The number of ether oxygens (including phenoxy) is 2. The predicted molar refractivity (Wildman–Crippen MR) is 65.8 cm³/mol. The van der Waals surface area contributed by atoms with Gasteiger partial charge in [-0.05, 0) is 31.0 Å². The quantitative estimate of drug-likeness (QED) is 0.766. The van der Waals surface area contributed by atoms with Gasteiger partial charge in [-0.15, -0.1) is 0 Å². The number of fused-ring (bicyclic) bond motifs is 1. The molecule has 1 aromatic carbocycles. The van der Waals surface area contributed by atoms with Crippen LogP contribution in [0.15, 0.2) is 18.2 Å². The zero-order chi connectivity index (χ0) is 13.2. The number of nitrogens with one attached hydrogen (secondary N) is 2. The van der Waals surface area contributed by atoms with Crippen molar-refractivity contribution < 1.29 is 19.1 Å². The molecule has 0 spiro atoms. The van der Waals surface area contributed by atoms with Crippen molar-refractivity contribution >= 4 is 11.8 Å². The Morgan fingerprint density at radius 3 is 2.53 bits per heavy atom. The summed E-state index contributed by atoms with van der Waals surface area (Å²) in [6, 6.07) is 4.92. The number of amides is 2. The first kappa shape index (κ1) is 11.8. The molecule has 0 bridgehead atoms. The average molecular weight is 262 g/mol. The first-order chi connectivity index (χ1) is 9.24. The third kappa shape index (κ3) is 2.62. The third-order valence-corrected chi connectivity index (χ3v) is 3.05. The monoisotopic (exact) mass is 262 g/mol. The highest BCUT2D eigenvalue weighted by Crippen LogP contribution is 2.30. The lowest BCUT2D eigenvalue weighted by Crippen LogP contribution is -2.42. The van der Waals surface area contributed by atoms with Crippen LogP contribution < -0.4 is 20.3 Å². The highest BCUT2D eigenvalue weighted by Gasteiger charge is 2.29. The molecule has 3 rings (SSSR count). The number of hydrazine groups is 1. The van der Waals surface area contributed by atoms with Crippen LogP contribution in [0, 0.1) is 5.92 Å². The molecule has 0 atom stereocenters. The number of carbonyl (C=O) groups is 2. The fourth-order valence-electron chi connectivity index (χ4n) is 1.82. The number of hydrogen-bond donors (Lipinski definition) is 2. The zero-order valence-electron chi connectivity index (χ0n) is 10.3. The molecule has 1 saturated carbocycles. The van der Waals surface area contributed by atoms with Crippen LogP contribution in [0.4, 0.5) is 0 Å². The summed E-state index contributed by atoms with van der Waals surface area (Å²) in [5, 5.41) is 0. The van der Waals surface area contributed by atoms with Crippen LogP contribution in [0.2, 0.25) is 0 Å². The van der Waals surface area contributed by atoms with Crippen molar-refractivity contribution in [2.45, 2.75) is 12.8 Å². The minimum Gasteiger partial charge on any atom is -0.486 e. The highest BCUT2D eigenvalue weighted by molar-refractivity contribution is 5.96. The highest BCUT2D eigenvalue weighted by atomic mass is 16.6. The summed E-state index contributed by atoms with van der Waals surface area (Å²) in [7, 11) is 0. The minimum atomic E-state index is -0.369. The van der Waals surface area contributed by atoms with Crippen molar-refractivity contribution in [3.8, 4) is 11.5 Å². The Morgan fingerprint density at radius 1 is 1.05 bits per heavy atom. The molecule has 1 aliphatic heterocycles. The lowest BCUT2D eigenvalue weighted by atomic mass is 10.2. The first-order valence-corrected chi connectivity index (χ1v) is 6.24. The smallest absolute Gasteiger partial charge is 0.269 e. The zero-order valence-corrected chi connectivity index (χ0v) is 10.3. The third-order valence-electron chi connectivity index (χ3n) is 3.05. The van der Waals surface area contributed by atoms with E-state index in [1.165, 1.54) is 0 Å². The molecule has 0 unspecified atom stereocenters. The van der Waals surface area contributed by atoms with E-state index in [1.807, 2.05) is 0 Å². The van der Waals surface area contributed by atoms with E-state index in [9.17, 15) is 9.59 Å².